The number of hydrazone groups is 1. The summed E-state index contributed by atoms with van der Waals surface area (Å²) in [6, 6.07) is 20.1. The van der Waals surface area contributed by atoms with E-state index in [0.717, 1.165) is 11.1 Å². The highest BCUT2D eigenvalue weighted by atomic mass is 79.9. The second kappa shape index (κ2) is 12.2. The summed E-state index contributed by atoms with van der Waals surface area (Å²) >= 11 is 8.77. The van der Waals surface area contributed by atoms with Crippen molar-refractivity contribution < 1.29 is 13.9 Å². The number of halogens is 2. The first-order valence-electron chi connectivity index (χ1n) is 10.00. The summed E-state index contributed by atoms with van der Waals surface area (Å²) in [6.07, 6.45) is 1.63. The Morgan fingerprint density at radius 3 is 2.59 bits per heavy atom. The van der Waals surface area contributed by atoms with Crippen LogP contribution >= 0.6 is 28.1 Å². The lowest BCUT2D eigenvalue weighted by atomic mass is 10.2. The fraction of sp³-hybridized carbons (Fsp3) is 0.167. The molecule has 0 saturated heterocycles. The van der Waals surface area contributed by atoms with Crippen molar-refractivity contribution in [1.82, 2.24) is 10.7 Å². The van der Waals surface area contributed by atoms with Crippen LogP contribution in [0.25, 0.3) is 0 Å². The van der Waals surface area contributed by atoms with Crippen LogP contribution in [0.3, 0.4) is 0 Å². The maximum Gasteiger partial charge on any atom is 0.187 e. The topological polar surface area (TPSA) is 54.9 Å². The molecule has 166 valence electrons. The SMILES string of the molecule is CCOc1cc(/C=N/NC(=S)NCc2ccccc2)cc(Br)c1OCc1ccccc1F. The molecule has 3 aromatic carbocycles. The van der Waals surface area contributed by atoms with Gasteiger partial charge in [-0.25, -0.2) is 4.39 Å². The summed E-state index contributed by atoms with van der Waals surface area (Å²) < 4.78 is 26.2. The number of rotatable bonds is 9. The molecule has 2 N–H and O–H groups in total. The van der Waals surface area contributed by atoms with Crippen LogP contribution in [0.5, 0.6) is 11.5 Å². The highest BCUT2D eigenvalue weighted by Crippen LogP contribution is 2.37. The van der Waals surface area contributed by atoms with E-state index in [1.165, 1.54) is 6.07 Å². The van der Waals surface area contributed by atoms with Gasteiger partial charge in [0.1, 0.15) is 12.4 Å². The minimum atomic E-state index is -0.312. The van der Waals surface area contributed by atoms with Gasteiger partial charge in [-0.3, -0.25) is 5.43 Å². The van der Waals surface area contributed by atoms with Crippen molar-refractivity contribution in [3.8, 4) is 11.5 Å². The molecule has 0 heterocycles. The summed E-state index contributed by atoms with van der Waals surface area (Å²) in [6.45, 7) is 3.03. The van der Waals surface area contributed by atoms with E-state index in [0.29, 0.717) is 39.8 Å². The van der Waals surface area contributed by atoms with E-state index in [2.05, 4.69) is 31.8 Å². The van der Waals surface area contributed by atoms with Crippen molar-refractivity contribution in [2.24, 2.45) is 5.10 Å². The molecule has 0 radical (unpaired) electrons. The Morgan fingerprint density at radius 1 is 1.09 bits per heavy atom. The summed E-state index contributed by atoms with van der Waals surface area (Å²) in [5.74, 6) is 0.720. The molecule has 0 fully saturated rings. The molecule has 3 aromatic rings. The molecule has 5 nitrogen and oxygen atoms in total. The zero-order valence-corrected chi connectivity index (χ0v) is 19.9. The maximum absolute atomic E-state index is 13.9. The maximum atomic E-state index is 13.9. The number of nitrogens with zero attached hydrogens (tertiary/aromatic N) is 1. The Morgan fingerprint density at radius 2 is 1.84 bits per heavy atom. The molecule has 0 atom stereocenters. The number of thiocarbonyl (C=S) groups is 1. The number of hydrogen-bond acceptors (Lipinski definition) is 4. The molecule has 0 aliphatic heterocycles. The molecule has 0 saturated carbocycles. The normalized spacial score (nSPS) is 10.7. The molecule has 0 aliphatic carbocycles. The van der Waals surface area contributed by atoms with Gasteiger partial charge in [-0.2, -0.15) is 5.10 Å². The highest BCUT2D eigenvalue weighted by Gasteiger charge is 2.13. The Labute approximate surface area is 200 Å². The molecule has 0 unspecified atom stereocenters. The standard InChI is InChI=1S/C24H23BrFN3O2S/c1-2-30-22-13-18(15-28-29-24(32)27-14-17-8-4-3-5-9-17)12-20(25)23(22)31-16-19-10-6-7-11-21(19)26/h3-13,15H,2,14,16H2,1H3,(H2,27,29,32)/b28-15+. The number of benzene rings is 3. The first kappa shape index (κ1) is 23.7. The largest absolute Gasteiger partial charge is 0.490 e. The molecular formula is C24H23BrFN3O2S. The van der Waals surface area contributed by atoms with Crippen molar-refractivity contribution >= 4 is 39.5 Å². The first-order chi connectivity index (χ1) is 15.6. The van der Waals surface area contributed by atoms with Gasteiger partial charge in [0.25, 0.3) is 0 Å². The Bertz CT molecular complexity index is 1080. The fourth-order valence-electron chi connectivity index (χ4n) is 2.81. The minimum absolute atomic E-state index is 0.0850. The fourth-order valence-corrected chi connectivity index (χ4v) is 3.51. The van der Waals surface area contributed by atoms with E-state index in [1.54, 1.807) is 30.5 Å². The van der Waals surface area contributed by atoms with Crippen molar-refractivity contribution in [1.29, 1.82) is 0 Å². The Hall–Kier alpha value is -2.97. The molecule has 0 amide bonds. The Balaban J connectivity index is 1.62. The average Bonchev–Trinajstić information content (AvgIpc) is 2.79. The van der Waals surface area contributed by atoms with Gasteiger partial charge >= 0.3 is 0 Å². The molecule has 3 rings (SSSR count). The van der Waals surface area contributed by atoms with Crippen molar-refractivity contribution in [2.75, 3.05) is 6.61 Å². The molecule has 0 aliphatic rings. The van der Waals surface area contributed by atoms with Gasteiger partial charge in [-0.1, -0.05) is 48.5 Å². The van der Waals surface area contributed by atoms with Crippen molar-refractivity contribution in [3.63, 3.8) is 0 Å². The van der Waals surface area contributed by atoms with Gasteiger partial charge in [0.2, 0.25) is 0 Å². The van der Waals surface area contributed by atoms with Crippen LogP contribution in [0.15, 0.2) is 76.3 Å². The molecule has 0 bridgehead atoms. The number of nitrogens with one attached hydrogen (secondary N) is 2. The summed E-state index contributed by atoms with van der Waals surface area (Å²) in [5, 5.41) is 7.70. The van der Waals surface area contributed by atoms with Crippen molar-refractivity contribution in [3.05, 3.63) is 93.7 Å². The van der Waals surface area contributed by atoms with E-state index in [1.807, 2.05) is 43.3 Å². The van der Waals surface area contributed by atoms with Gasteiger partial charge in [0, 0.05) is 12.1 Å². The van der Waals surface area contributed by atoms with Crippen LogP contribution in [-0.2, 0) is 13.2 Å². The van der Waals surface area contributed by atoms with Gasteiger partial charge in [0.05, 0.1) is 17.3 Å². The molecule has 32 heavy (non-hydrogen) atoms. The summed E-state index contributed by atoms with van der Waals surface area (Å²) in [7, 11) is 0. The average molecular weight is 516 g/mol. The van der Waals surface area contributed by atoms with Crippen LogP contribution < -0.4 is 20.2 Å². The number of hydrogen-bond donors (Lipinski definition) is 2. The zero-order chi connectivity index (χ0) is 22.8. The minimum Gasteiger partial charge on any atom is -0.490 e. The lowest BCUT2D eigenvalue weighted by molar-refractivity contribution is 0.264. The van der Waals surface area contributed by atoms with Gasteiger partial charge in [-0.15, -0.1) is 0 Å². The third kappa shape index (κ3) is 7.03. The van der Waals surface area contributed by atoms with Crippen LogP contribution in [0.4, 0.5) is 4.39 Å². The summed E-state index contributed by atoms with van der Waals surface area (Å²) in [5.41, 5.74) is 5.16. The Kier molecular flexibility index (Phi) is 9.01. The van der Waals surface area contributed by atoms with Crippen LogP contribution in [0, 0.1) is 5.82 Å². The predicted octanol–water partition coefficient (Wildman–Crippen LogP) is 5.56. The first-order valence-corrected chi connectivity index (χ1v) is 11.2. The predicted molar refractivity (Wildman–Crippen MR) is 133 cm³/mol. The molecule has 8 heteroatoms. The van der Waals surface area contributed by atoms with Crippen molar-refractivity contribution in [2.45, 2.75) is 20.1 Å². The van der Waals surface area contributed by atoms with Crippen LogP contribution in [0.2, 0.25) is 0 Å². The zero-order valence-electron chi connectivity index (χ0n) is 17.5. The lowest BCUT2D eigenvalue weighted by Crippen LogP contribution is -2.31. The van der Waals surface area contributed by atoms with E-state index in [4.69, 9.17) is 21.7 Å². The van der Waals surface area contributed by atoms with Gasteiger partial charge < -0.3 is 14.8 Å². The van der Waals surface area contributed by atoms with E-state index in [-0.39, 0.29) is 12.4 Å². The smallest absolute Gasteiger partial charge is 0.187 e. The molecule has 0 aromatic heterocycles. The number of ether oxygens (including phenoxy) is 2. The second-order valence-electron chi connectivity index (χ2n) is 6.68. The second-order valence-corrected chi connectivity index (χ2v) is 7.94. The summed E-state index contributed by atoms with van der Waals surface area (Å²) in [4.78, 5) is 0. The third-order valence-electron chi connectivity index (χ3n) is 4.34. The van der Waals surface area contributed by atoms with Gasteiger partial charge in [0.15, 0.2) is 16.6 Å². The monoisotopic (exact) mass is 515 g/mol. The van der Waals surface area contributed by atoms with Crippen LogP contribution in [-0.4, -0.2) is 17.9 Å². The molecular weight excluding hydrogens is 493 g/mol. The third-order valence-corrected chi connectivity index (χ3v) is 5.16. The van der Waals surface area contributed by atoms with E-state index < -0.39 is 0 Å². The highest BCUT2D eigenvalue weighted by molar-refractivity contribution is 9.10. The lowest BCUT2D eigenvalue weighted by Gasteiger charge is -2.15. The van der Waals surface area contributed by atoms with E-state index >= 15 is 0 Å². The van der Waals surface area contributed by atoms with Crippen LogP contribution in [0.1, 0.15) is 23.6 Å². The van der Waals surface area contributed by atoms with Gasteiger partial charge in [-0.05, 0) is 64.4 Å². The van der Waals surface area contributed by atoms with E-state index in [9.17, 15) is 4.39 Å². The quantitative estimate of drug-likeness (QED) is 0.222. The molecule has 0 spiro atoms.